The maximum absolute atomic E-state index is 12.8. The third kappa shape index (κ3) is 6.32. The first-order valence-corrected chi connectivity index (χ1v) is 14.0. The summed E-state index contributed by atoms with van der Waals surface area (Å²) >= 11 is 14.5. The fourth-order valence-electron chi connectivity index (χ4n) is 3.68. The summed E-state index contributed by atoms with van der Waals surface area (Å²) in [6.45, 7) is 3.80. The van der Waals surface area contributed by atoms with E-state index in [4.69, 9.17) is 32.7 Å². The van der Waals surface area contributed by atoms with Gasteiger partial charge >= 0.3 is 5.97 Å². The van der Waals surface area contributed by atoms with E-state index in [1.807, 2.05) is 45.2 Å². The van der Waals surface area contributed by atoms with Gasteiger partial charge in [-0.15, -0.1) is 21.5 Å². The molecule has 1 atom stereocenters. The second-order valence-corrected chi connectivity index (χ2v) is 11.0. The van der Waals surface area contributed by atoms with Crippen LogP contribution in [0.4, 0.5) is 5.00 Å². The van der Waals surface area contributed by atoms with Crippen LogP contribution in [0.25, 0.3) is 11.1 Å². The molecular formula is C26H24Cl2N4O4S2. The van der Waals surface area contributed by atoms with Gasteiger partial charge in [-0.2, -0.15) is 0 Å². The van der Waals surface area contributed by atoms with Crippen LogP contribution in [0, 0.1) is 6.92 Å². The SMILES string of the molecule is COC(=O)c1c(-c2ccc(Cl)cc2)csc1NC(=O)CSc1nnc(C(C)Oc2ccc(Cl)cc2C)n1C. The monoisotopic (exact) mass is 590 g/mol. The molecule has 1 unspecified atom stereocenters. The highest BCUT2D eigenvalue weighted by Crippen LogP contribution is 2.37. The van der Waals surface area contributed by atoms with Crippen molar-refractivity contribution < 1.29 is 19.1 Å². The van der Waals surface area contributed by atoms with Gasteiger partial charge in [0, 0.05) is 28.0 Å². The number of hydrogen-bond acceptors (Lipinski definition) is 8. The third-order valence-corrected chi connectivity index (χ3v) is 8.00. The summed E-state index contributed by atoms with van der Waals surface area (Å²) in [5.74, 6) is 0.541. The lowest BCUT2D eigenvalue weighted by atomic mass is 10.0. The molecule has 1 amide bonds. The lowest BCUT2D eigenvalue weighted by Gasteiger charge is -2.16. The standard InChI is InChI=1S/C26H24Cl2N4O4S2/c1-14-11-18(28)9-10-20(14)36-15(2)23-30-31-26(32(23)3)38-13-21(33)29-24-22(25(34)35-4)19(12-37-24)16-5-7-17(27)8-6-16/h5-12,15H,13H2,1-4H3,(H,29,33). The van der Waals surface area contributed by atoms with E-state index in [0.29, 0.717) is 42.9 Å². The van der Waals surface area contributed by atoms with E-state index in [2.05, 4.69) is 15.5 Å². The summed E-state index contributed by atoms with van der Waals surface area (Å²) in [7, 11) is 3.12. The van der Waals surface area contributed by atoms with Gasteiger partial charge in [0.25, 0.3) is 0 Å². The number of hydrogen-bond donors (Lipinski definition) is 1. The molecular weight excluding hydrogens is 567 g/mol. The largest absolute Gasteiger partial charge is 0.482 e. The van der Waals surface area contributed by atoms with E-state index in [1.54, 1.807) is 28.1 Å². The van der Waals surface area contributed by atoms with Crippen LogP contribution < -0.4 is 10.1 Å². The number of esters is 1. The lowest BCUT2D eigenvalue weighted by Crippen LogP contribution is -2.16. The second-order valence-electron chi connectivity index (χ2n) is 8.26. The minimum Gasteiger partial charge on any atom is -0.482 e. The molecule has 0 aliphatic heterocycles. The van der Waals surface area contributed by atoms with Gasteiger partial charge in [-0.25, -0.2) is 4.79 Å². The number of carbonyl (C=O) groups excluding carboxylic acids is 2. The third-order valence-electron chi connectivity index (χ3n) is 5.59. The molecule has 0 aliphatic rings. The quantitative estimate of drug-likeness (QED) is 0.169. The van der Waals surface area contributed by atoms with Gasteiger partial charge in [0.2, 0.25) is 5.91 Å². The number of halogens is 2. The first kappa shape index (κ1) is 28.0. The molecule has 0 bridgehead atoms. The number of nitrogens with zero attached hydrogens (tertiary/aromatic N) is 3. The Morgan fingerprint density at radius 1 is 1.13 bits per heavy atom. The molecule has 4 rings (SSSR count). The van der Waals surface area contributed by atoms with Crippen molar-refractivity contribution in [1.82, 2.24) is 14.8 Å². The van der Waals surface area contributed by atoms with Crippen molar-refractivity contribution in [3.8, 4) is 16.9 Å². The molecule has 12 heteroatoms. The number of benzene rings is 2. The van der Waals surface area contributed by atoms with E-state index >= 15 is 0 Å². The van der Waals surface area contributed by atoms with Crippen molar-refractivity contribution in [3.63, 3.8) is 0 Å². The zero-order valence-electron chi connectivity index (χ0n) is 21.0. The van der Waals surface area contributed by atoms with E-state index in [9.17, 15) is 9.59 Å². The number of anilines is 1. The number of thioether (sulfide) groups is 1. The average molecular weight is 592 g/mol. The van der Waals surface area contributed by atoms with Gasteiger partial charge in [0.1, 0.15) is 16.3 Å². The molecule has 0 saturated carbocycles. The molecule has 0 aliphatic carbocycles. The fourth-order valence-corrected chi connectivity index (χ4v) is 5.73. The van der Waals surface area contributed by atoms with E-state index in [-0.39, 0.29) is 17.8 Å². The van der Waals surface area contributed by atoms with E-state index in [0.717, 1.165) is 11.1 Å². The van der Waals surface area contributed by atoms with Crippen LogP contribution in [0.5, 0.6) is 5.75 Å². The molecule has 8 nitrogen and oxygen atoms in total. The number of methoxy groups -OCH3 is 1. The van der Waals surface area contributed by atoms with Crippen molar-refractivity contribution in [1.29, 1.82) is 0 Å². The molecule has 0 radical (unpaired) electrons. The number of thiophene rings is 1. The first-order valence-electron chi connectivity index (χ1n) is 11.4. The van der Waals surface area contributed by atoms with Crippen LogP contribution in [-0.2, 0) is 16.6 Å². The highest BCUT2D eigenvalue weighted by molar-refractivity contribution is 7.99. The van der Waals surface area contributed by atoms with Crippen LogP contribution in [0.1, 0.15) is 34.8 Å². The first-order chi connectivity index (χ1) is 18.2. The van der Waals surface area contributed by atoms with Gasteiger partial charge in [-0.3, -0.25) is 4.79 Å². The van der Waals surface area contributed by atoms with Crippen LogP contribution >= 0.6 is 46.3 Å². The molecule has 2 aromatic carbocycles. The molecule has 2 aromatic heterocycles. The summed E-state index contributed by atoms with van der Waals surface area (Å²) in [6, 6.07) is 12.5. The second kappa shape index (κ2) is 12.2. The molecule has 38 heavy (non-hydrogen) atoms. The number of carbonyl (C=O) groups is 2. The fraction of sp³-hybridized carbons (Fsp3) is 0.231. The minimum atomic E-state index is -0.540. The summed E-state index contributed by atoms with van der Waals surface area (Å²) < 4.78 is 12.8. The van der Waals surface area contributed by atoms with Gasteiger partial charge in [-0.05, 0) is 55.3 Å². The summed E-state index contributed by atoms with van der Waals surface area (Å²) in [4.78, 5) is 25.4. The van der Waals surface area contributed by atoms with Gasteiger partial charge in [-0.1, -0.05) is 47.1 Å². The Labute approximate surface area is 238 Å². The Kier molecular flexibility index (Phi) is 8.99. The van der Waals surface area contributed by atoms with Crippen molar-refractivity contribution >= 4 is 63.2 Å². The molecule has 1 N–H and O–H groups in total. The van der Waals surface area contributed by atoms with E-state index in [1.165, 1.54) is 30.2 Å². The zero-order chi connectivity index (χ0) is 27.4. The Morgan fingerprint density at radius 3 is 2.53 bits per heavy atom. The maximum Gasteiger partial charge on any atom is 0.341 e. The molecule has 2 heterocycles. The maximum atomic E-state index is 12.8. The predicted molar refractivity (Wildman–Crippen MR) is 152 cm³/mol. The Bertz CT molecular complexity index is 1470. The van der Waals surface area contributed by atoms with Crippen LogP contribution in [0.2, 0.25) is 10.0 Å². The smallest absolute Gasteiger partial charge is 0.341 e. The lowest BCUT2D eigenvalue weighted by molar-refractivity contribution is -0.113. The predicted octanol–water partition coefficient (Wildman–Crippen LogP) is 6.82. The Hall–Kier alpha value is -3.05. The summed E-state index contributed by atoms with van der Waals surface area (Å²) in [5.41, 5.74) is 2.65. The average Bonchev–Trinajstić information content (AvgIpc) is 3.47. The zero-order valence-corrected chi connectivity index (χ0v) is 24.1. The molecule has 198 valence electrons. The number of ether oxygens (including phenoxy) is 2. The molecule has 0 fully saturated rings. The normalized spacial score (nSPS) is 11.7. The van der Waals surface area contributed by atoms with Gasteiger partial charge < -0.3 is 19.4 Å². The number of aromatic nitrogens is 3. The number of nitrogens with one attached hydrogen (secondary N) is 1. The van der Waals surface area contributed by atoms with Crippen LogP contribution in [-0.4, -0.2) is 39.5 Å². The van der Waals surface area contributed by atoms with Gasteiger partial charge in [0.15, 0.2) is 17.1 Å². The van der Waals surface area contributed by atoms with Crippen molar-refractivity contribution in [2.75, 3.05) is 18.2 Å². The molecule has 4 aromatic rings. The van der Waals surface area contributed by atoms with Crippen molar-refractivity contribution in [3.05, 3.63) is 74.8 Å². The highest BCUT2D eigenvalue weighted by Gasteiger charge is 2.23. The highest BCUT2D eigenvalue weighted by atomic mass is 35.5. The van der Waals surface area contributed by atoms with Crippen LogP contribution in [0.15, 0.2) is 53.0 Å². The number of aryl methyl sites for hydroxylation is 1. The summed E-state index contributed by atoms with van der Waals surface area (Å²) in [5, 5.41) is 15.3. The van der Waals surface area contributed by atoms with E-state index < -0.39 is 5.97 Å². The molecule has 0 spiro atoms. The summed E-state index contributed by atoms with van der Waals surface area (Å²) in [6.07, 6.45) is -0.379. The Morgan fingerprint density at radius 2 is 1.84 bits per heavy atom. The number of rotatable bonds is 9. The topological polar surface area (TPSA) is 95.3 Å². The van der Waals surface area contributed by atoms with Crippen LogP contribution in [0.3, 0.4) is 0 Å². The van der Waals surface area contributed by atoms with Crippen molar-refractivity contribution in [2.45, 2.75) is 25.1 Å². The van der Waals surface area contributed by atoms with Gasteiger partial charge in [0.05, 0.1) is 12.9 Å². The number of amides is 1. The molecule has 0 saturated heterocycles. The minimum absolute atomic E-state index is 0.0618. The Balaban J connectivity index is 1.43. The van der Waals surface area contributed by atoms with Crippen molar-refractivity contribution in [2.24, 2.45) is 7.05 Å².